The van der Waals surface area contributed by atoms with E-state index in [1.165, 1.54) is 12.1 Å². The van der Waals surface area contributed by atoms with Crippen LogP contribution in [-0.4, -0.2) is 48.2 Å². The van der Waals surface area contributed by atoms with Crippen LogP contribution in [0.3, 0.4) is 0 Å². The first-order chi connectivity index (χ1) is 11.9. The fraction of sp³-hybridized carbons (Fsp3) is 0.556. The molecule has 2 heterocycles. The summed E-state index contributed by atoms with van der Waals surface area (Å²) in [4.78, 5) is 26.2. The highest BCUT2D eigenvalue weighted by molar-refractivity contribution is 5.85. The number of carbonyl (C=O) groups excluding carboxylic acids is 1. The molecule has 7 heteroatoms. The molecule has 134 valence electrons. The largest absolute Gasteiger partial charge is 0.481 e. The first kappa shape index (κ1) is 16.4. The van der Waals surface area contributed by atoms with E-state index < -0.39 is 23.0 Å². The second-order valence-corrected chi connectivity index (χ2v) is 7.32. The van der Waals surface area contributed by atoms with E-state index in [9.17, 15) is 23.5 Å². The van der Waals surface area contributed by atoms with E-state index in [2.05, 4.69) is 0 Å². The van der Waals surface area contributed by atoms with Crippen LogP contribution >= 0.6 is 0 Å². The van der Waals surface area contributed by atoms with Crippen molar-refractivity contribution >= 4 is 11.9 Å². The van der Waals surface area contributed by atoms with Crippen molar-refractivity contribution in [2.45, 2.75) is 18.8 Å². The molecule has 3 aliphatic rings. The first-order valence-corrected chi connectivity index (χ1v) is 8.47. The second-order valence-electron chi connectivity index (χ2n) is 7.32. The summed E-state index contributed by atoms with van der Waals surface area (Å²) in [5.41, 5.74) is -0.577. The molecule has 0 bridgehead atoms. The van der Waals surface area contributed by atoms with Crippen LogP contribution in [0.5, 0.6) is 0 Å². The summed E-state index contributed by atoms with van der Waals surface area (Å²) >= 11 is 0. The monoisotopic (exact) mass is 351 g/mol. The highest BCUT2D eigenvalue weighted by atomic mass is 19.1. The zero-order chi connectivity index (χ0) is 17.8. The Morgan fingerprint density at radius 3 is 2.80 bits per heavy atom. The highest BCUT2D eigenvalue weighted by Crippen LogP contribution is 2.51. The fourth-order valence-electron chi connectivity index (χ4n) is 4.32. The first-order valence-electron chi connectivity index (χ1n) is 8.47. The molecule has 0 spiro atoms. The van der Waals surface area contributed by atoms with E-state index in [0.29, 0.717) is 38.2 Å². The normalized spacial score (nSPS) is 33.8. The number of rotatable bonds is 3. The molecule has 2 aliphatic heterocycles. The zero-order valence-electron chi connectivity index (χ0n) is 13.6. The van der Waals surface area contributed by atoms with Crippen LogP contribution < -0.4 is 0 Å². The number of carbonyl (C=O) groups is 2. The summed E-state index contributed by atoms with van der Waals surface area (Å²) in [5.74, 6) is -3.11. The quantitative estimate of drug-likeness (QED) is 0.905. The average Bonchev–Trinajstić information content (AvgIpc) is 3.24. The molecule has 1 amide bonds. The van der Waals surface area contributed by atoms with Crippen LogP contribution in [0.25, 0.3) is 0 Å². The summed E-state index contributed by atoms with van der Waals surface area (Å²) in [6.45, 7) is 1.28. The maximum Gasteiger partial charge on any atom is 0.311 e. The van der Waals surface area contributed by atoms with E-state index in [1.807, 2.05) is 0 Å². The van der Waals surface area contributed by atoms with Crippen LogP contribution in [0.1, 0.15) is 24.3 Å². The number of hydrogen-bond donors (Lipinski definition) is 1. The van der Waals surface area contributed by atoms with Crippen LogP contribution in [-0.2, 0) is 14.3 Å². The van der Waals surface area contributed by atoms with E-state index in [1.54, 1.807) is 4.90 Å². The summed E-state index contributed by atoms with van der Waals surface area (Å²) < 4.78 is 32.3. The van der Waals surface area contributed by atoms with Crippen molar-refractivity contribution in [3.63, 3.8) is 0 Å². The minimum absolute atomic E-state index is 0.135. The molecule has 3 fully saturated rings. The molecule has 1 aliphatic carbocycles. The van der Waals surface area contributed by atoms with Crippen molar-refractivity contribution in [2.24, 2.45) is 17.3 Å². The van der Waals surface area contributed by atoms with Gasteiger partial charge in [-0.25, -0.2) is 8.78 Å². The Balaban J connectivity index is 1.49. The molecule has 1 aromatic rings. The number of likely N-dealkylation sites (tertiary alicyclic amines) is 1. The number of fused-ring (bicyclic) bond motifs is 1. The van der Waals surface area contributed by atoms with Gasteiger partial charge in [-0.1, -0.05) is 6.07 Å². The lowest BCUT2D eigenvalue weighted by Gasteiger charge is -2.33. The Hall–Kier alpha value is -2.02. The number of carboxylic acid groups (broad SMARTS) is 1. The third-order valence-corrected chi connectivity index (χ3v) is 5.91. The molecule has 1 saturated carbocycles. The van der Waals surface area contributed by atoms with Gasteiger partial charge in [-0.2, -0.15) is 0 Å². The Bertz CT molecular complexity index is 740. The lowest BCUT2D eigenvalue weighted by Crippen LogP contribution is -2.45. The van der Waals surface area contributed by atoms with Crippen LogP contribution in [0, 0.1) is 28.9 Å². The number of amides is 1. The Morgan fingerprint density at radius 1 is 1.32 bits per heavy atom. The van der Waals surface area contributed by atoms with Gasteiger partial charge in [-0.05, 0) is 30.4 Å². The smallest absolute Gasteiger partial charge is 0.311 e. The van der Waals surface area contributed by atoms with E-state index >= 15 is 0 Å². The lowest BCUT2D eigenvalue weighted by atomic mass is 9.74. The van der Waals surface area contributed by atoms with Crippen molar-refractivity contribution in [3.05, 3.63) is 35.4 Å². The molecule has 0 aromatic heterocycles. The van der Waals surface area contributed by atoms with E-state index in [0.717, 1.165) is 6.07 Å². The van der Waals surface area contributed by atoms with Gasteiger partial charge in [0, 0.05) is 37.6 Å². The number of ether oxygens (including phenoxy) is 1. The number of carboxylic acids is 1. The number of aliphatic carboxylic acids is 1. The van der Waals surface area contributed by atoms with Crippen molar-refractivity contribution in [1.29, 1.82) is 0 Å². The van der Waals surface area contributed by atoms with Gasteiger partial charge in [-0.15, -0.1) is 0 Å². The van der Waals surface area contributed by atoms with Gasteiger partial charge in [-0.3, -0.25) is 9.59 Å². The third kappa shape index (κ3) is 2.61. The average molecular weight is 351 g/mol. The maximum atomic E-state index is 13.9. The Kier molecular flexibility index (Phi) is 3.79. The Morgan fingerprint density at radius 2 is 2.12 bits per heavy atom. The fourth-order valence-corrected chi connectivity index (χ4v) is 4.32. The van der Waals surface area contributed by atoms with Gasteiger partial charge >= 0.3 is 5.97 Å². The summed E-state index contributed by atoms with van der Waals surface area (Å²) in [6, 6.07) is 3.41. The molecule has 2 unspecified atom stereocenters. The number of hydrogen-bond acceptors (Lipinski definition) is 3. The second kappa shape index (κ2) is 5.76. The standard InChI is InChI=1S/C18H19F2NO4/c19-11-1-2-12(15(20)5-11)13-6-14(13)16(22)21-7-10-8-25-4-3-18(10,9-21)17(23)24/h1-2,5,10,13-14H,3-4,6-9H2,(H,23,24)/t10-,13?,14?,18+/m0/s1. The number of benzene rings is 1. The summed E-state index contributed by atoms with van der Waals surface area (Å²) in [5, 5.41) is 9.67. The van der Waals surface area contributed by atoms with Gasteiger partial charge in [0.1, 0.15) is 11.6 Å². The molecule has 1 aromatic carbocycles. The molecule has 5 nitrogen and oxygen atoms in total. The molecule has 2 saturated heterocycles. The molecule has 4 atom stereocenters. The van der Waals surface area contributed by atoms with Crippen molar-refractivity contribution < 1.29 is 28.2 Å². The molecule has 0 radical (unpaired) electrons. The van der Waals surface area contributed by atoms with Crippen LogP contribution in [0.4, 0.5) is 8.78 Å². The van der Waals surface area contributed by atoms with Gasteiger partial charge in [0.05, 0.1) is 12.0 Å². The molecule has 4 rings (SSSR count). The molecule has 25 heavy (non-hydrogen) atoms. The minimum atomic E-state index is -0.931. The van der Waals surface area contributed by atoms with E-state index in [4.69, 9.17) is 4.74 Å². The van der Waals surface area contributed by atoms with Crippen LogP contribution in [0.2, 0.25) is 0 Å². The topological polar surface area (TPSA) is 66.8 Å². The predicted octanol–water partition coefficient (Wildman–Crippen LogP) is 2.02. The zero-order valence-corrected chi connectivity index (χ0v) is 13.6. The molecule has 1 N–H and O–H groups in total. The lowest BCUT2D eigenvalue weighted by molar-refractivity contribution is -0.157. The summed E-state index contributed by atoms with van der Waals surface area (Å²) in [6.07, 6.45) is 0.913. The van der Waals surface area contributed by atoms with E-state index in [-0.39, 0.29) is 30.2 Å². The predicted molar refractivity (Wildman–Crippen MR) is 82.8 cm³/mol. The van der Waals surface area contributed by atoms with Gasteiger partial charge in [0.25, 0.3) is 0 Å². The Labute approximate surface area is 143 Å². The van der Waals surface area contributed by atoms with Gasteiger partial charge < -0.3 is 14.7 Å². The van der Waals surface area contributed by atoms with Crippen molar-refractivity contribution in [2.75, 3.05) is 26.3 Å². The number of nitrogens with zero attached hydrogens (tertiary/aromatic N) is 1. The highest BCUT2D eigenvalue weighted by Gasteiger charge is 2.57. The van der Waals surface area contributed by atoms with Crippen LogP contribution in [0.15, 0.2) is 18.2 Å². The minimum Gasteiger partial charge on any atom is -0.481 e. The molecular weight excluding hydrogens is 332 g/mol. The van der Waals surface area contributed by atoms with Gasteiger partial charge in [0.2, 0.25) is 5.91 Å². The van der Waals surface area contributed by atoms with Crippen molar-refractivity contribution in [3.8, 4) is 0 Å². The summed E-state index contributed by atoms with van der Waals surface area (Å²) in [7, 11) is 0. The maximum absolute atomic E-state index is 13.9. The van der Waals surface area contributed by atoms with Gasteiger partial charge in [0.15, 0.2) is 0 Å². The van der Waals surface area contributed by atoms with Crippen molar-refractivity contribution in [1.82, 2.24) is 4.90 Å². The SMILES string of the molecule is O=C(C1CC1c1ccc(F)cc1F)N1C[C@H]2COCC[C@@]2(C(=O)O)C1. The third-order valence-electron chi connectivity index (χ3n) is 5.91. The number of halogens is 2. The molecular formula is C18H19F2NO4.